The minimum absolute atomic E-state index is 0.289. The highest BCUT2D eigenvalue weighted by Crippen LogP contribution is 2.53. The van der Waals surface area contributed by atoms with Crippen molar-refractivity contribution in [2.75, 3.05) is 0 Å². The summed E-state index contributed by atoms with van der Waals surface area (Å²) in [6.07, 6.45) is 36.6. The van der Waals surface area contributed by atoms with Crippen LogP contribution in [0.15, 0.2) is 170 Å². The quantitative estimate of drug-likeness (QED) is 0.136. The van der Waals surface area contributed by atoms with E-state index in [0.29, 0.717) is 12.3 Å². The molecule has 53 heavy (non-hydrogen) atoms. The van der Waals surface area contributed by atoms with Crippen LogP contribution in [-0.2, 0) is 18.3 Å². The molecule has 0 fully saturated rings. The highest BCUT2D eigenvalue weighted by molar-refractivity contribution is 5.96. The summed E-state index contributed by atoms with van der Waals surface area (Å²) in [5, 5.41) is 11.3. The zero-order valence-corrected chi connectivity index (χ0v) is 31.5. The summed E-state index contributed by atoms with van der Waals surface area (Å²) in [6, 6.07) is 34.7. The van der Waals surface area contributed by atoms with E-state index in [1.165, 1.54) is 44.5 Å². The topological polar surface area (TPSA) is 23.8 Å². The molecular weight excluding hydrogens is 639 g/mol. The first-order valence-electron chi connectivity index (χ1n) is 19.2. The van der Waals surface area contributed by atoms with Gasteiger partial charge in [-0.3, -0.25) is 0 Å². The molecule has 0 heterocycles. The number of hydrogen-bond acceptors (Lipinski definition) is 1. The van der Waals surface area contributed by atoms with Gasteiger partial charge in [-0.2, -0.15) is 5.26 Å². The van der Waals surface area contributed by atoms with Crippen LogP contribution in [0.4, 0.5) is 0 Å². The molecule has 0 aromatic heterocycles. The molecule has 0 spiro atoms. The molecule has 0 N–H and O–H groups in total. The Balaban J connectivity index is 1.61. The summed E-state index contributed by atoms with van der Waals surface area (Å²) in [7, 11) is 0. The summed E-state index contributed by atoms with van der Waals surface area (Å²) < 4.78 is 0. The van der Waals surface area contributed by atoms with E-state index in [9.17, 15) is 5.26 Å². The Morgan fingerprint density at radius 2 is 1.47 bits per heavy atom. The maximum Gasteiger partial charge on any atom is 0.100 e. The largest absolute Gasteiger partial charge is 0.192 e. The van der Waals surface area contributed by atoms with Gasteiger partial charge in [-0.15, -0.1) is 0 Å². The van der Waals surface area contributed by atoms with Crippen molar-refractivity contribution < 1.29 is 0 Å². The Labute approximate surface area is 318 Å². The second-order valence-corrected chi connectivity index (χ2v) is 14.4. The fourth-order valence-electron chi connectivity index (χ4n) is 7.60. The number of hydrogen-bond donors (Lipinski definition) is 0. The normalized spacial score (nSPS) is 19.5. The Kier molecular flexibility index (Phi) is 12.7. The summed E-state index contributed by atoms with van der Waals surface area (Å²) in [6.45, 7) is 6.82. The van der Waals surface area contributed by atoms with Gasteiger partial charge in [0.05, 0.1) is 5.56 Å². The van der Waals surface area contributed by atoms with Crippen LogP contribution in [0.5, 0.6) is 0 Å². The van der Waals surface area contributed by atoms with Crippen LogP contribution in [0.1, 0.15) is 85.4 Å². The third-order valence-electron chi connectivity index (χ3n) is 10.4. The fourth-order valence-corrected chi connectivity index (χ4v) is 7.60. The minimum Gasteiger partial charge on any atom is -0.192 e. The summed E-state index contributed by atoms with van der Waals surface area (Å²) in [5.41, 5.74) is 12.5. The van der Waals surface area contributed by atoms with Gasteiger partial charge in [-0.05, 0) is 94.5 Å². The van der Waals surface area contributed by atoms with E-state index in [1.54, 1.807) is 0 Å². The van der Waals surface area contributed by atoms with Crippen molar-refractivity contribution in [1.82, 2.24) is 0 Å². The van der Waals surface area contributed by atoms with Gasteiger partial charge in [0.15, 0.2) is 0 Å². The molecular formula is C52H51N. The van der Waals surface area contributed by atoms with Gasteiger partial charge in [-0.1, -0.05) is 197 Å². The first-order chi connectivity index (χ1) is 26.0. The average molecular weight is 690 g/mol. The van der Waals surface area contributed by atoms with Gasteiger partial charge in [-0.25, -0.2) is 0 Å². The Morgan fingerprint density at radius 3 is 2.17 bits per heavy atom. The monoisotopic (exact) mass is 689 g/mol. The second-order valence-electron chi connectivity index (χ2n) is 14.4. The molecule has 0 amide bonds. The van der Waals surface area contributed by atoms with Crippen LogP contribution >= 0.6 is 0 Å². The Bertz CT molecular complexity index is 2140. The van der Waals surface area contributed by atoms with Crippen LogP contribution in [0.25, 0.3) is 28.3 Å². The molecule has 6 rings (SSSR count). The van der Waals surface area contributed by atoms with Crippen molar-refractivity contribution in [1.29, 1.82) is 5.26 Å². The van der Waals surface area contributed by atoms with E-state index in [2.05, 4.69) is 197 Å². The third kappa shape index (κ3) is 9.03. The van der Waals surface area contributed by atoms with E-state index < -0.39 is 0 Å². The van der Waals surface area contributed by atoms with Crippen molar-refractivity contribution in [3.8, 4) is 17.2 Å². The number of rotatable bonds is 12. The third-order valence-corrected chi connectivity index (χ3v) is 10.4. The molecule has 2 atom stereocenters. The van der Waals surface area contributed by atoms with Crippen LogP contribution in [0.2, 0.25) is 0 Å². The number of nitriles is 1. The van der Waals surface area contributed by atoms with Gasteiger partial charge >= 0.3 is 0 Å². The SMILES string of the molecule is CC/C=C\C=C/C1(C)CC/C(=C\C=C/Cc2ccccc2)c2c(C#N)c(C/C=C\C=C\c3ccccc3)c(C3=CCC(C)C=C3)c(-c3ccccc3)c21. The van der Waals surface area contributed by atoms with Crippen LogP contribution in [0.3, 0.4) is 0 Å². The number of allylic oxidation sites excluding steroid dienone is 15. The fraction of sp³-hybridized carbons (Fsp3) is 0.212. The highest BCUT2D eigenvalue weighted by Gasteiger charge is 2.39. The minimum atomic E-state index is -0.289. The predicted octanol–water partition coefficient (Wildman–Crippen LogP) is 13.8. The number of nitrogens with zero attached hydrogens (tertiary/aromatic N) is 1. The zero-order valence-electron chi connectivity index (χ0n) is 31.5. The Morgan fingerprint density at radius 1 is 0.774 bits per heavy atom. The molecule has 4 aromatic rings. The molecule has 0 radical (unpaired) electrons. The van der Waals surface area contributed by atoms with Crippen molar-refractivity contribution in [3.63, 3.8) is 0 Å². The lowest BCUT2D eigenvalue weighted by molar-refractivity contribution is 0.534. The molecule has 1 nitrogen and oxygen atoms in total. The van der Waals surface area contributed by atoms with Crippen LogP contribution in [-0.4, -0.2) is 0 Å². The van der Waals surface area contributed by atoms with Gasteiger partial charge < -0.3 is 0 Å². The van der Waals surface area contributed by atoms with E-state index in [-0.39, 0.29) is 5.41 Å². The van der Waals surface area contributed by atoms with Crippen molar-refractivity contribution in [2.45, 2.75) is 64.7 Å². The van der Waals surface area contributed by atoms with Gasteiger partial charge in [0, 0.05) is 11.0 Å². The van der Waals surface area contributed by atoms with E-state index >= 15 is 0 Å². The average Bonchev–Trinajstić information content (AvgIpc) is 3.20. The second kappa shape index (κ2) is 18.2. The molecule has 264 valence electrons. The first-order valence-corrected chi connectivity index (χ1v) is 19.2. The summed E-state index contributed by atoms with van der Waals surface area (Å²) in [4.78, 5) is 0. The molecule has 0 saturated heterocycles. The summed E-state index contributed by atoms with van der Waals surface area (Å²) >= 11 is 0. The van der Waals surface area contributed by atoms with Gasteiger partial charge in [0.1, 0.15) is 6.07 Å². The van der Waals surface area contributed by atoms with Crippen molar-refractivity contribution in [3.05, 3.63) is 209 Å². The van der Waals surface area contributed by atoms with E-state index in [1.807, 2.05) is 6.07 Å². The first kappa shape index (κ1) is 37.1. The van der Waals surface area contributed by atoms with E-state index in [0.717, 1.165) is 48.8 Å². The maximum atomic E-state index is 11.3. The number of fused-ring (bicyclic) bond motifs is 1. The lowest BCUT2D eigenvalue weighted by Gasteiger charge is -2.40. The molecule has 0 bridgehead atoms. The highest BCUT2D eigenvalue weighted by atomic mass is 14.4. The van der Waals surface area contributed by atoms with Crippen molar-refractivity contribution >= 4 is 17.2 Å². The van der Waals surface area contributed by atoms with Gasteiger partial charge in [0.25, 0.3) is 0 Å². The van der Waals surface area contributed by atoms with Crippen LogP contribution in [0, 0.1) is 17.2 Å². The number of benzene rings is 4. The van der Waals surface area contributed by atoms with Gasteiger partial charge in [0.2, 0.25) is 0 Å². The zero-order chi connectivity index (χ0) is 36.9. The maximum absolute atomic E-state index is 11.3. The lowest BCUT2D eigenvalue weighted by Crippen LogP contribution is -2.28. The molecule has 0 saturated carbocycles. The molecule has 1 heteroatoms. The van der Waals surface area contributed by atoms with E-state index in [4.69, 9.17) is 0 Å². The molecule has 2 unspecified atom stereocenters. The Hall–Kier alpha value is -5.71. The summed E-state index contributed by atoms with van der Waals surface area (Å²) in [5.74, 6) is 0.481. The van der Waals surface area contributed by atoms with Crippen molar-refractivity contribution in [2.24, 2.45) is 5.92 Å². The smallest absolute Gasteiger partial charge is 0.100 e. The predicted molar refractivity (Wildman–Crippen MR) is 228 cm³/mol. The molecule has 0 aliphatic heterocycles. The lowest BCUT2D eigenvalue weighted by atomic mass is 9.63. The molecule has 2 aliphatic carbocycles. The van der Waals surface area contributed by atoms with Crippen LogP contribution < -0.4 is 0 Å². The molecule has 4 aromatic carbocycles. The standard InChI is InChI=1S/C52H51N/c1-4-5-6-21-37-52(3)38-36-44(30-20-19-27-42-24-13-8-14-25-42)49-47(39-53)46(31-18-9-15-26-41-22-11-7-12-23-41)48(45-34-32-40(2)33-35-45)50(51(49)52)43-28-16-10-17-29-43/h5-26,28-30,32,34-35,37,40H,4,27,31,33,36,38H2,1-3H3/b6-5-,18-9-,20-19-,26-15+,37-21-,44-30+. The molecule has 2 aliphatic rings.